The predicted molar refractivity (Wildman–Crippen MR) is 68.0 cm³/mol. The average molecular weight is 460 g/mol. The third-order valence-electron chi connectivity index (χ3n) is 3.84. The van der Waals surface area contributed by atoms with Gasteiger partial charge in [-0.2, -0.15) is 52.7 Å². The minimum atomic E-state index is -6.62. The number of carbonyl (C=O) groups excluding carboxylic acids is 1. The van der Waals surface area contributed by atoms with Gasteiger partial charge in [0.2, 0.25) is 0 Å². The zero-order chi connectivity index (χ0) is 23.7. The van der Waals surface area contributed by atoms with Crippen LogP contribution in [0.1, 0.15) is 12.8 Å². The standard InChI is InChI=1S/C13H12F12O4/c1-2-7(27)29-6(4-9(28,12(20,21)22)13(23,24)25)3-8(5-26,10(14,15)16)11(17,18)19/h2,6,26,28H,1,3-5H2. The number of hydrogen-bond donors (Lipinski definition) is 2. The van der Waals surface area contributed by atoms with Crippen LogP contribution >= 0.6 is 0 Å². The molecular formula is C13H12F12O4. The minimum absolute atomic E-state index is 0.0367. The molecule has 0 saturated heterocycles. The van der Waals surface area contributed by atoms with E-state index < -0.39 is 67.2 Å². The van der Waals surface area contributed by atoms with E-state index in [-0.39, 0.29) is 6.08 Å². The lowest BCUT2D eigenvalue weighted by molar-refractivity contribution is -0.380. The fourth-order valence-corrected chi connectivity index (χ4v) is 2.11. The number of aliphatic hydroxyl groups excluding tert-OH is 1. The second-order valence-corrected chi connectivity index (χ2v) is 5.76. The van der Waals surface area contributed by atoms with E-state index in [1.165, 1.54) is 0 Å². The van der Waals surface area contributed by atoms with E-state index in [0.29, 0.717) is 0 Å². The van der Waals surface area contributed by atoms with Gasteiger partial charge in [0.25, 0.3) is 5.60 Å². The first-order valence-electron chi connectivity index (χ1n) is 7.03. The molecule has 0 fully saturated rings. The Labute approximate surface area is 153 Å². The molecule has 0 aromatic carbocycles. The number of alkyl halides is 12. The quantitative estimate of drug-likeness (QED) is 0.345. The molecular weight excluding hydrogens is 448 g/mol. The summed E-state index contributed by atoms with van der Waals surface area (Å²) in [6, 6.07) is 0. The van der Waals surface area contributed by atoms with Crippen molar-refractivity contribution in [3.63, 3.8) is 0 Å². The van der Waals surface area contributed by atoms with Crippen LogP contribution in [0.3, 0.4) is 0 Å². The van der Waals surface area contributed by atoms with Crippen molar-refractivity contribution < 1.29 is 72.4 Å². The summed E-state index contributed by atoms with van der Waals surface area (Å²) < 4.78 is 158. The Kier molecular flexibility index (Phi) is 7.71. The fraction of sp³-hybridized carbons (Fsp3) is 0.769. The lowest BCUT2D eigenvalue weighted by Crippen LogP contribution is -2.60. The van der Waals surface area contributed by atoms with Gasteiger partial charge in [-0.25, -0.2) is 4.79 Å². The highest BCUT2D eigenvalue weighted by atomic mass is 19.4. The van der Waals surface area contributed by atoms with E-state index in [4.69, 9.17) is 10.2 Å². The fourth-order valence-electron chi connectivity index (χ4n) is 2.11. The summed E-state index contributed by atoms with van der Waals surface area (Å²) in [5, 5.41) is 17.7. The maximum Gasteiger partial charge on any atom is 0.426 e. The van der Waals surface area contributed by atoms with E-state index in [0.717, 1.165) is 0 Å². The molecule has 0 amide bonds. The largest absolute Gasteiger partial charge is 0.459 e. The minimum Gasteiger partial charge on any atom is -0.459 e. The number of aliphatic hydroxyl groups is 2. The molecule has 2 N–H and O–H groups in total. The van der Waals surface area contributed by atoms with Crippen LogP contribution in [0.2, 0.25) is 0 Å². The smallest absolute Gasteiger partial charge is 0.426 e. The van der Waals surface area contributed by atoms with Crippen LogP contribution < -0.4 is 0 Å². The summed E-state index contributed by atoms with van der Waals surface area (Å²) >= 11 is 0. The molecule has 1 atom stereocenters. The Hall–Kier alpha value is -1.71. The number of halogens is 12. The first-order chi connectivity index (χ1) is 12.6. The van der Waals surface area contributed by atoms with Crippen LogP contribution in [0.4, 0.5) is 52.7 Å². The summed E-state index contributed by atoms with van der Waals surface area (Å²) in [5.74, 6) is -1.97. The number of ether oxygens (including phenoxy) is 1. The molecule has 0 saturated carbocycles. The Balaban J connectivity index is 6.47. The van der Waals surface area contributed by atoms with Gasteiger partial charge in [-0.3, -0.25) is 0 Å². The van der Waals surface area contributed by atoms with Gasteiger partial charge < -0.3 is 14.9 Å². The van der Waals surface area contributed by atoms with E-state index in [1.54, 1.807) is 0 Å². The van der Waals surface area contributed by atoms with Crippen molar-refractivity contribution in [2.45, 2.75) is 49.3 Å². The van der Waals surface area contributed by atoms with Crippen LogP contribution in [-0.2, 0) is 9.53 Å². The molecule has 0 aromatic rings. The Morgan fingerprint density at radius 2 is 1.21 bits per heavy atom. The van der Waals surface area contributed by atoms with E-state index in [1.807, 2.05) is 0 Å². The maximum atomic E-state index is 13.0. The number of hydrogen-bond acceptors (Lipinski definition) is 4. The molecule has 1 unspecified atom stereocenters. The Morgan fingerprint density at radius 1 is 0.828 bits per heavy atom. The second kappa shape index (κ2) is 8.20. The van der Waals surface area contributed by atoms with Crippen molar-refractivity contribution in [3.05, 3.63) is 12.7 Å². The van der Waals surface area contributed by atoms with Gasteiger partial charge in [0.15, 0.2) is 5.41 Å². The molecule has 16 heteroatoms. The number of esters is 1. The summed E-state index contributed by atoms with van der Waals surface area (Å²) in [5.41, 5.74) is -11.1. The van der Waals surface area contributed by atoms with Gasteiger partial charge in [-0.15, -0.1) is 0 Å². The summed E-state index contributed by atoms with van der Waals surface area (Å²) in [6.45, 7) is -0.202. The highest BCUT2D eigenvalue weighted by Gasteiger charge is 2.74. The third-order valence-corrected chi connectivity index (χ3v) is 3.84. The molecule has 4 nitrogen and oxygen atoms in total. The van der Waals surface area contributed by atoms with E-state index in [2.05, 4.69) is 11.3 Å². The number of rotatable bonds is 7. The molecule has 0 aliphatic carbocycles. The van der Waals surface area contributed by atoms with Crippen LogP contribution in [0.5, 0.6) is 0 Å². The predicted octanol–water partition coefficient (Wildman–Crippen LogP) is 3.82. The molecule has 0 aromatic heterocycles. The van der Waals surface area contributed by atoms with Gasteiger partial charge >= 0.3 is 30.7 Å². The van der Waals surface area contributed by atoms with Gasteiger partial charge in [-0.05, 0) is 0 Å². The van der Waals surface area contributed by atoms with Crippen molar-refractivity contribution in [2.75, 3.05) is 6.61 Å². The topological polar surface area (TPSA) is 66.8 Å². The van der Waals surface area contributed by atoms with Gasteiger partial charge in [0.05, 0.1) is 6.61 Å². The average Bonchev–Trinajstić information content (AvgIpc) is 2.47. The molecule has 0 bridgehead atoms. The number of carbonyl (C=O) groups is 1. The first kappa shape index (κ1) is 27.3. The molecule has 0 radical (unpaired) electrons. The third kappa shape index (κ3) is 5.46. The summed E-state index contributed by atoms with van der Waals surface area (Å²) in [6.07, 6.45) is -35.3. The van der Waals surface area contributed by atoms with Crippen LogP contribution in [0.25, 0.3) is 0 Å². The van der Waals surface area contributed by atoms with Crippen molar-refractivity contribution in [1.82, 2.24) is 0 Å². The summed E-state index contributed by atoms with van der Waals surface area (Å²) in [4.78, 5) is 11.1. The van der Waals surface area contributed by atoms with Crippen molar-refractivity contribution in [2.24, 2.45) is 5.41 Å². The molecule has 0 spiro atoms. The molecule has 29 heavy (non-hydrogen) atoms. The van der Waals surface area contributed by atoms with E-state index >= 15 is 0 Å². The second-order valence-electron chi connectivity index (χ2n) is 5.76. The van der Waals surface area contributed by atoms with Crippen molar-refractivity contribution in [3.8, 4) is 0 Å². The molecule has 0 heterocycles. The Morgan fingerprint density at radius 3 is 1.45 bits per heavy atom. The zero-order valence-electron chi connectivity index (χ0n) is 13.7. The van der Waals surface area contributed by atoms with E-state index in [9.17, 15) is 57.5 Å². The lowest BCUT2D eigenvalue weighted by atomic mass is 9.78. The van der Waals surface area contributed by atoms with Crippen LogP contribution in [-0.4, -0.2) is 59.2 Å². The van der Waals surface area contributed by atoms with Crippen molar-refractivity contribution >= 4 is 5.97 Å². The normalized spacial score (nSPS) is 15.8. The first-order valence-corrected chi connectivity index (χ1v) is 7.03. The molecule has 172 valence electrons. The molecule has 0 rings (SSSR count). The zero-order valence-corrected chi connectivity index (χ0v) is 13.7. The Bertz CT molecular complexity index is 559. The SMILES string of the molecule is C=CC(=O)OC(CC(O)(C(F)(F)F)C(F)(F)F)CC(CO)(C(F)(F)F)C(F)(F)F. The van der Waals surface area contributed by atoms with Gasteiger partial charge in [0, 0.05) is 18.9 Å². The lowest BCUT2D eigenvalue weighted by Gasteiger charge is -2.40. The highest BCUT2D eigenvalue weighted by molar-refractivity contribution is 5.81. The van der Waals surface area contributed by atoms with Crippen LogP contribution in [0, 0.1) is 5.41 Å². The maximum absolute atomic E-state index is 13.0. The monoisotopic (exact) mass is 460 g/mol. The molecule has 0 aliphatic rings. The van der Waals surface area contributed by atoms with Crippen molar-refractivity contribution in [1.29, 1.82) is 0 Å². The summed E-state index contributed by atoms with van der Waals surface area (Å²) in [7, 11) is 0. The highest BCUT2D eigenvalue weighted by Crippen LogP contribution is 2.55. The van der Waals surface area contributed by atoms with Gasteiger partial charge in [0.1, 0.15) is 6.10 Å². The van der Waals surface area contributed by atoms with Crippen LogP contribution in [0.15, 0.2) is 12.7 Å². The molecule has 0 aliphatic heterocycles. The van der Waals surface area contributed by atoms with Gasteiger partial charge in [-0.1, -0.05) is 6.58 Å².